The van der Waals surface area contributed by atoms with Crippen molar-refractivity contribution in [2.45, 2.75) is 6.92 Å². The molecule has 3 N–H and O–H groups in total. The predicted octanol–water partition coefficient (Wildman–Crippen LogP) is 3.87. The molecular weight excluding hydrogens is 338 g/mol. The maximum Gasteiger partial charge on any atom is 0.248 e. The van der Waals surface area contributed by atoms with Crippen LogP contribution < -0.4 is 5.73 Å². The van der Waals surface area contributed by atoms with Crippen molar-refractivity contribution in [3.8, 4) is 11.1 Å². The van der Waals surface area contributed by atoms with Crippen LogP contribution in [0.25, 0.3) is 22.2 Å². The molecule has 0 spiro atoms. The van der Waals surface area contributed by atoms with Gasteiger partial charge in [-0.2, -0.15) is 0 Å². The Hall–Kier alpha value is -3.73. The highest BCUT2D eigenvalue weighted by Gasteiger charge is 2.19. The van der Waals surface area contributed by atoms with E-state index in [9.17, 15) is 9.59 Å². The maximum atomic E-state index is 13.2. The summed E-state index contributed by atoms with van der Waals surface area (Å²) in [6.45, 7) is 1.92. The van der Waals surface area contributed by atoms with Gasteiger partial charge in [0, 0.05) is 28.9 Å². The van der Waals surface area contributed by atoms with Crippen molar-refractivity contribution in [3.05, 3.63) is 89.2 Å². The van der Waals surface area contributed by atoms with Crippen LogP contribution in [0.15, 0.2) is 67.0 Å². The Morgan fingerprint density at radius 2 is 1.70 bits per heavy atom. The number of aromatic amines is 1. The fourth-order valence-corrected chi connectivity index (χ4v) is 3.26. The standard InChI is InChI=1S/C22H17N3O2/c1-13-4-2-3-5-16(13)20(26)18-12-25-22-19(18)17(10-11-24-22)14-6-8-15(9-7-14)21(23)27/h2-12H,1H3,(H2,23,27)(H,24,25). The molecule has 5 heteroatoms. The number of aromatic nitrogens is 2. The summed E-state index contributed by atoms with van der Waals surface area (Å²) < 4.78 is 0. The van der Waals surface area contributed by atoms with Gasteiger partial charge < -0.3 is 10.7 Å². The van der Waals surface area contributed by atoms with Crippen molar-refractivity contribution >= 4 is 22.7 Å². The van der Waals surface area contributed by atoms with E-state index < -0.39 is 5.91 Å². The average molecular weight is 355 g/mol. The molecule has 0 aliphatic heterocycles. The number of carbonyl (C=O) groups is 2. The first-order chi connectivity index (χ1) is 13.1. The van der Waals surface area contributed by atoms with Crippen molar-refractivity contribution in [2.75, 3.05) is 0 Å². The third kappa shape index (κ3) is 2.89. The number of ketones is 1. The molecular formula is C22H17N3O2. The Kier molecular flexibility index (Phi) is 4.05. The molecule has 4 aromatic rings. The molecule has 0 aliphatic carbocycles. The molecule has 2 aromatic heterocycles. The number of primary amides is 1. The van der Waals surface area contributed by atoms with Gasteiger partial charge in [0.1, 0.15) is 5.65 Å². The first kappa shape index (κ1) is 16.7. The van der Waals surface area contributed by atoms with Gasteiger partial charge in [0.15, 0.2) is 5.78 Å². The summed E-state index contributed by atoms with van der Waals surface area (Å²) in [4.78, 5) is 31.9. The molecule has 0 radical (unpaired) electrons. The van der Waals surface area contributed by atoms with Crippen LogP contribution in [0.2, 0.25) is 0 Å². The van der Waals surface area contributed by atoms with Crippen LogP contribution in [0.4, 0.5) is 0 Å². The lowest BCUT2D eigenvalue weighted by molar-refractivity contribution is 0.0998. The molecule has 2 heterocycles. The highest BCUT2D eigenvalue weighted by molar-refractivity contribution is 6.19. The number of rotatable bonds is 4. The highest BCUT2D eigenvalue weighted by atomic mass is 16.1. The zero-order chi connectivity index (χ0) is 19.0. The van der Waals surface area contributed by atoms with E-state index in [0.717, 1.165) is 22.1 Å². The fourth-order valence-electron chi connectivity index (χ4n) is 3.26. The van der Waals surface area contributed by atoms with Gasteiger partial charge in [-0.1, -0.05) is 36.4 Å². The van der Waals surface area contributed by atoms with Gasteiger partial charge in [-0.3, -0.25) is 9.59 Å². The van der Waals surface area contributed by atoms with Crippen LogP contribution in [0.5, 0.6) is 0 Å². The van der Waals surface area contributed by atoms with Gasteiger partial charge in [0.2, 0.25) is 5.91 Å². The second-order valence-corrected chi connectivity index (χ2v) is 6.37. The van der Waals surface area contributed by atoms with E-state index in [0.29, 0.717) is 22.3 Å². The van der Waals surface area contributed by atoms with Crippen LogP contribution in [0.3, 0.4) is 0 Å². The summed E-state index contributed by atoms with van der Waals surface area (Å²) in [7, 11) is 0. The Morgan fingerprint density at radius 3 is 2.41 bits per heavy atom. The zero-order valence-corrected chi connectivity index (χ0v) is 14.7. The van der Waals surface area contributed by atoms with Crippen LogP contribution >= 0.6 is 0 Å². The SMILES string of the molecule is Cc1ccccc1C(=O)c1c[nH]c2nccc(-c3ccc(C(N)=O)cc3)c12. The van der Waals surface area contributed by atoms with Crippen LogP contribution in [-0.4, -0.2) is 21.7 Å². The Morgan fingerprint density at radius 1 is 0.963 bits per heavy atom. The second-order valence-electron chi connectivity index (χ2n) is 6.37. The molecule has 1 amide bonds. The number of nitrogens with two attached hydrogens (primary N) is 1. The molecule has 132 valence electrons. The monoisotopic (exact) mass is 355 g/mol. The van der Waals surface area contributed by atoms with Crippen molar-refractivity contribution in [1.29, 1.82) is 0 Å². The van der Waals surface area contributed by atoms with E-state index in [-0.39, 0.29) is 5.78 Å². The Bertz CT molecular complexity index is 1170. The zero-order valence-electron chi connectivity index (χ0n) is 14.7. The van der Waals surface area contributed by atoms with Crippen molar-refractivity contribution in [2.24, 2.45) is 5.73 Å². The van der Waals surface area contributed by atoms with Gasteiger partial charge in [0.25, 0.3) is 0 Å². The van der Waals surface area contributed by atoms with Crippen LogP contribution in [0, 0.1) is 6.92 Å². The molecule has 2 aromatic carbocycles. The normalized spacial score (nSPS) is 10.9. The Labute approximate surface area is 155 Å². The summed E-state index contributed by atoms with van der Waals surface area (Å²) >= 11 is 0. The second kappa shape index (κ2) is 6.53. The average Bonchev–Trinajstić information content (AvgIpc) is 3.12. The minimum Gasteiger partial charge on any atom is -0.366 e. The number of hydrogen-bond acceptors (Lipinski definition) is 3. The third-order valence-electron chi connectivity index (χ3n) is 4.69. The lowest BCUT2D eigenvalue weighted by Gasteiger charge is -2.08. The lowest BCUT2D eigenvalue weighted by atomic mass is 9.95. The quantitative estimate of drug-likeness (QED) is 0.545. The van der Waals surface area contributed by atoms with E-state index in [1.165, 1.54) is 0 Å². The predicted molar refractivity (Wildman–Crippen MR) is 105 cm³/mol. The number of fused-ring (bicyclic) bond motifs is 1. The van der Waals surface area contributed by atoms with E-state index >= 15 is 0 Å². The van der Waals surface area contributed by atoms with Crippen LogP contribution in [-0.2, 0) is 0 Å². The lowest BCUT2D eigenvalue weighted by Crippen LogP contribution is -2.10. The molecule has 0 bridgehead atoms. The van der Waals surface area contributed by atoms with Gasteiger partial charge >= 0.3 is 0 Å². The Balaban J connectivity index is 1.88. The van der Waals surface area contributed by atoms with Gasteiger partial charge in [-0.05, 0) is 41.8 Å². The van der Waals surface area contributed by atoms with Crippen molar-refractivity contribution in [1.82, 2.24) is 9.97 Å². The number of carbonyl (C=O) groups excluding carboxylic acids is 2. The highest BCUT2D eigenvalue weighted by Crippen LogP contribution is 2.31. The molecule has 0 fully saturated rings. The van der Waals surface area contributed by atoms with Crippen LogP contribution in [0.1, 0.15) is 31.8 Å². The topological polar surface area (TPSA) is 88.8 Å². The number of amides is 1. The van der Waals surface area contributed by atoms with E-state index in [2.05, 4.69) is 9.97 Å². The molecule has 4 rings (SSSR count). The summed E-state index contributed by atoms with van der Waals surface area (Å²) in [5.41, 5.74) is 10.3. The van der Waals surface area contributed by atoms with Crippen molar-refractivity contribution in [3.63, 3.8) is 0 Å². The van der Waals surface area contributed by atoms with Gasteiger partial charge in [0.05, 0.1) is 5.56 Å². The number of benzene rings is 2. The van der Waals surface area contributed by atoms with E-state index in [1.54, 1.807) is 24.5 Å². The molecule has 27 heavy (non-hydrogen) atoms. The number of pyridine rings is 1. The first-order valence-corrected chi connectivity index (χ1v) is 8.53. The fraction of sp³-hybridized carbons (Fsp3) is 0.0455. The largest absolute Gasteiger partial charge is 0.366 e. The summed E-state index contributed by atoms with van der Waals surface area (Å²) in [5.74, 6) is -0.527. The van der Waals surface area contributed by atoms with E-state index in [4.69, 9.17) is 5.73 Å². The number of aryl methyl sites for hydroxylation is 1. The molecule has 0 atom stereocenters. The van der Waals surface area contributed by atoms with Gasteiger partial charge in [-0.25, -0.2) is 4.98 Å². The molecule has 0 saturated heterocycles. The summed E-state index contributed by atoms with van der Waals surface area (Å²) in [6, 6.07) is 16.4. The number of hydrogen-bond donors (Lipinski definition) is 2. The molecule has 5 nitrogen and oxygen atoms in total. The third-order valence-corrected chi connectivity index (χ3v) is 4.69. The minimum absolute atomic E-state index is 0.0534. The summed E-state index contributed by atoms with van der Waals surface area (Å²) in [6.07, 6.45) is 3.39. The molecule has 0 unspecified atom stereocenters. The molecule has 0 saturated carbocycles. The number of H-pyrrole nitrogens is 1. The summed E-state index contributed by atoms with van der Waals surface area (Å²) in [5, 5.41) is 0.762. The smallest absolute Gasteiger partial charge is 0.248 e. The first-order valence-electron chi connectivity index (χ1n) is 8.53. The van der Waals surface area contributed by atoms with Crippen molar-refractivity contribution < 1.29 is 9.59 Å². The van der Waals surface area contributed by atoms with E-state index in [1.807, 2.05) is 49.4 Å². The minimum atomic E-state index is -0.474. The molecule has 0 aliphatic rings. The number of nitrogens with zero attached hydrogens (tertiary/aromatic N) is 1. The van der Waals surface area contributed by atoms with Gasteiger partial charge in [-0.15, -0.1) is 0 Å². The number of nitrogens with one attached hydrogen (secondary N) is 1. The maximum absolute atomic E-state index is 13.2.